The van der Waals surface area contributed by atoms with Gasteiger partial charge in [-0.15, -0.1) is 0 Å². The first-order valence-corrected chi connectivity index (χ1v) is 13.4. The predicted molar refractivity (Wildman–Crippen MR) is 146 cm³/mol. The Morgan fingerprint density at radius 1 is 0.930 bits per heavy atom. The van der Waals surface area contributed by atoms with Crippen molar-refractivity contribution in [3.63, 3.8) is 0 Å². The van der Waals surface area contributed by atoms with Gasteiger partial charge in [0.2, 0.25) is 11.8 Å². The van der Waals surface area contributed by atoms with E-state index in [0.29, 0.717) is 17.8 Å². The number of nitrogens with zero attached hydrogens (tertiary/aromatic N) is 5. The van der Waals surface area contributed by atoms with Gasteiger partial charge in [0.25, 0.3) is 11.8 Å². The van der Waals surface area contributed by atoms with Crippen LogP contribution in [0.3, 0.4) is 0 Å². The highest BCUT2D eigenvalue weighted by Gasteiger charge is 2.45. The van der Waals surface area contributed by atoms with Crippen LogP contribution < -0.4 is 10.6 Å². The molecule has 3 aromatic rings. The van der Waals surface area contributed by atoms with E-state index in [1.165, 1.54) is 53.4 Å². The van der Waals surface area contributed by atoms with Gasteiger partial charge in [-0.3, -0.25) is 19.3 Å². The quantitative estimate of drug-likeness (QED) is 0.355. The Hall–Kier alpha value is -4.59. The van der Waals surface area contributed by atoms with Gasteiger partial charge in [-0.05, 0) is 18.2 Å². The molecule has 0 aliphatic carbocycles. The van der Waals surface area contributed by atoms with Crippen molar-refractivity contribution < 1.29 is 36.3 Å². The SMILES string of the molecule is NC(=O)CN1CCN(C(=O)/C=C2/c3ccccc3N(C(=O)c3cnn(-c4ccccc4)c3C(F)(F)F)CCC2(F)F)CC1. The molecule has 0 spiro atoms. The number of rotatable bonds is 5. The van der Waals surface area contributed by atoms with Crippen LogP contribution in [-0.2, 0) is 15.8 Å². The third-order valence-electron chi connectivity index (χ3n) is 7.37. The molecular formula is C29H27F5N6O3. The Bertz CT molecular complexity index is 1560. The zero-order chi connectivity index (χ0) is 30.9. The number of para-hydroxylation sites is 2. The lowest BCUT2D eigenvalue weighted by molar-refractivity contribution is -0.143. The highest BCUT2D eigenvalue weighted by atomic mass is 19.4. The second-order valence-corrected chi connectivity index (χ2v) is 10.2. The van der Waals surface area contributed by atoms with Crippen molar-refractivity contribution in [2.24, 2.45) is 5.73 Å². The predicted octanol–water partition coefficient (Wildman–Crippen LogP) is 3.59. The Labute approximate surface area is 242 Å². The molecule has 0 saturated carbocycles. The number of carbonyl (C=O) groups excluding carboxylic acids is 3. The van der Waals surface area contributed by atoms with Crippen LogP contribution in [0.25, 0.3) is 11.3 Å². The Morgan fingerprint density at radius 3 is 2.23 bits per heavy atom. The number of amides is 3. The van der Waals surface area contributed by atoms with Crippen molar-refractivity contribution in [1.82, 2.24) is 19.6 Å². The van der Waals surface area contributed by atoms with Gasteiger partial charge in [0, 0.05) is 56.4 Å². The van der Waals surface area contributed by atoms with Crippen molar-refractivity contribution >= 4 is 29.0 Å². The third kappa shape index (κ3) is 6.14. The molecule has 9 nitrogen and oxygen atoms in total. The van der Waals surface area contributed by atoms with Gasteiger partial charge in [0.05, 0.1) is 29.7 Å². The molecule has 43 heavy (non-hydrogen) atoms. The summed E-state index contributed by atoms with van der Waals surface area (Å²) in [7, 11) is 0. The number of fused-ring (bicyclic) bond motifs is 1. The van der Waals surface area contributed by atoms with Crippen LogP contribution in [0, 0.1) is 0 Å². The van der Waals surface area contributed by atoms with E-state index in [1.807, 2.05) is 0 Å². The smallest absolute Gasteiger partial charge is 0.369 e. The molecule has 3 heterocycles. The van der Waals surface area contributed by atoms with Gasteiger partial charge in [-0.2, -0.15) is 18.3 Å². The maximum absolute atomic E-state index is 15.6. The lowest BCUT2D eigenvalue weighted by Gasteiger charge is -2.33. The summed E-state index contributed by atoms with van der Waals surface area (Å²) in [4.78, 5) is 42.0. The number of hydrogen-bond acceptors (Lipinski definition) is 5. The van der Waals surface area contributed by atoms with Crippen LogP contribution in [0.15, 0.2) is 66.9 Å². The molecule has 2 N–H and O–H groups in total. The molecule has 1 fully saturated rings. The summed E-state index contributed by atoms with van der Waals surface area (Å²) in [5.41, 5.74) is 2.30. The van der Waals surface area contributed by atoms with E-state index in [9.17, 15) is 27.6 Å². The second-order valence-electron chi connectivity index (χ2n) is 10.2. The largest absolute Gasteiger partial charge is 0.434 e. The summed E-state index contributed by atoms with van der Waals surface area (Å²) in [6.45, 7) is 0.405. The number of carbonyl (C=O) groups is 3. The summed E-state index contributed by atoms with van der Waals surface area (Å²) < 4.78 is 74.8. The number of anilines is 1. The number of alkyl halides is 5. The Balaban J connectivity index is 1.50. The standard InChI is InChI=1S/C29H27F5N6O3/c30-28(31)10-11-39(27(43)21-17-36-40(26(21)29(32,33)34)19-6-2-1-3-7-19)23-9-5-4-8-20(23)22(28)16-25(42)38-14-12-37(13-15-38)18-24(35)41/h1-9,16-17H,10-15,18H2,(H2,35,41)/b22-16-. The Morgan fingerprint density at radius 2 is 1.58 bits per heavy atom. The number of primary amides is 1. The van der Waals surface area contributed by atoms with E-state index in [2.05, 4.69) is 5.10 Å². The van der Waals surface area contributed by atoms with E-state index in [-0.39, 0.29) is 36.6 Å². The Kier molecular flexibility index (Phi) is 8.06. The van der Waals surface area contributed by atoms with Crippen molar-refractivity contribution in [1.29, 1.82) is 0 Å². The van der Waals surface area contributed by atoms with E-state index >= 15 is 8.78 Å². The summed E-state index contributed by atoms with van der Waals surface area (Å²) >= 11 is 0. The van der Waals surface area contributed by atoms with Crippen LogP contribution in [0.1, 0.15) is 28.0 Å². The van der Waals surface area contributed by atoms with Gasteiger partial charge >= 0.3 is 6.18 Å². The molecule has 0 bridgehead atoms. The molecule has 2 aliphatic heterocycles. The second kappa shape index (κ2) is 11.6. The molecule has 5 rings (SSSR count). The van der Waals surface area contributed by atoms with Crippen molar-refractivity contribution in [2.75, 3.05) is 44.2 Å². The van der Waals surface area contributed by atoms with Gasteiger partial charge in [-0.1, -0.05) is 36.4 Å². The first-order chi connectivity index (χ1) is 20.4. The third-order valence-corrected chi connectivity index (χ3v) is 7.37. The van der Waals surface area contributed by atoms with Crippen LogP contribution in [0.5, 0.6) is 0 Å². The van der Waals surface area contributed by atoms with Crippen molar-refractivity contribution in [3.05, 3.63) is 83.7 Å². The number of halogens is 5. The first kappa shape index (κ1) is 29.9. The van der Waals surface area contributed by atoms with E-state index in [4.69, 9.17) is 5.73 Å². The first-order valence-electron chi connectivity index (χ1n) is 13.4. The summed E-state index contributed by atoms with van der Waals surface area (Å²) in [5.74, 6) is -5.96. The molecule has 2 aliphatic rings. The van der Waals surface area contributed by atoms with Gasteiger partial charge < -0.3 is 15.5 Å². The lowest BCUT2D eigenvalue weighted by atomic mass is 9.96. The monoisotopic (exact) mass is 602 g/mol. The maximum atomic E-state index is 15.6. The van der Waals surface area contributed by atoms with E-state index in [0.717, 1.165) is 17.2 Å². The fourth-order valence-electron chi connectivity index (χ4n) is 5.29. The van der Waals surface area contributed by atoms with Gasteiger partial charge in [0.1, 0.15) is 0 Å². The fraction of sp³-hybridized carbons (Fsp3) is 0.310. The number of hydrogen-bond donors (Lipinski definition) is 1. The van der Waals surface area contributed by atoms with Crippen LogP contribution in [0.4, 0.5) is 27.6 Å². The zero-order valence-corrected chi connectivity index (χ0v) is 22.7. The zero-order valence-electron chi connectivity index (χ0n) is 22.7. The molecule has 0 radical (unpaired) electrons. The molecule has 3 amide bonds. The minimum atomic E-state index is -4.99. The lowest BCUT2D eigenvalue weighted by Crippen LogP contribution is -2.50. The van der Waals surface area contributed by atoms with Crippen molar-refractivity contribution in [3.8, 4) is 5.69 Å². The number of piperazine rings is 1. The minimum absolute atomic E-state index is 0.0126. The average Bonchev–Trinajstić information content (AvgIpc) is 3.39. The highest BCUT2D eigenvalue weighted by molar-refractivity contribution is 6.09. The van der Waals surface area contributed by atoms with Crippen LogP contribution >= 0.6 is 0 Å². The highest BCUT2D eigenvalue weighted by Crippen LogP contribution is 2.44. The average molecular weight is 603 g/mol. The molecule has 226 valence electrons. The van der Waals surface area contributed by atoms with Crippen LogP contribution in [-0.4, -0.2) is 82.5 Å². The van der Waals surface area contributed by atoms with Gasteiger partial charge in [0.15, 0.2) is 5.69 Å². The number of aromatic nitrogens is 2. The molecule has 14 heteroatoms. The normalized spacial score (nSPS) is 18.3. The maximum Gasteiger partial charge on any atom is 0.434 e. The summed E-state index contributed by atoms with van der Waals surface area (Å²) in [6.07, 6.45) is -4.33. The number of nitrogens with two attached hydrogens (primary N) is 1. The van der Waals surface area contributed by atoms with Crippen molar-refractivity contribution in [2.45, 2.75) is 18.5 Å². The van der Waals surface area contributed by atoms with E-state index < -0.39 is 59.6 Å². The number of allylic oxidation sites excluding steroid dienone is 1. The van der Waals surface area contributed by atoms with Gasteiger partial charge in [-0.25, -0.2) is 13.5 Å². The summed E-state index contributed by atoms with van der Waals surface area (Å²) in [6, 6.07) is 13.0. The molecule has 0 unspecified atom stereocenters. The molecule has 1 saturated heterocycles. The molecule has 0 atom stereocenters. The van der Waals surface area contributed by atoms with E-state index in [1.54, 1.807) is 11.0 Å². The summed E-state index contributed by atoms with van der Waals surface area (Å²) in [5, 5.41) is 3.81. The number of benzene rings is 2. The topological polar surface area (TPSA) is 105 Å². The molecule has 2 aromatic carbocycles. The fourth-order valence-corrected chi connectivity index (χ4v) is 5.29. The molecular weight excluding hydrogens is 575 g/mol. The van der Waals surface area contributed by atoms with Crippen LogP contribution in [0.2, 0.25) is 0 Å². The minimum Gasteiger partial charge on any atom is -0.369 e. The molecule has 1 aromatic heterocycles.